The molecule has 0 fully saturated rings. The van der Waals surface area contributed by atoms with E-state index in [9.17, 15) is 8.42 Å². The van der Waals surface area contributed by atoms with Gasteiger partial charge in [-0.25, -0.2) is 13.1 Å². The summed E-state index contributed by atoms with van der Waals surface area (Å²) in [7, 11) is -3.63. The number of aromatic nitrogens is 2. The molecular formula is C13H18N4O3S. The van der Waals surface area contributed by atoms with Gasteiger partial charge in [0.1, 0.15) is 0 Å². The molecule has 1 aromatic carbocycles. The van der Waals surface area contributed by atoms with E-state index in [2.05, 4.69) is 24.7 Å². The van der Waals surface area contributed by atoms with Crippen molar-refractivity contribution < 1.29 is 12.9 Å². The number of rotatable bonds is 7. The van der Waals surface area contributed by atoms with E-state index in [1.165, 1.54) is 0 Å². The summed E-state index contributed by atoms with van der Waals surface area (Å²) in [5.41, 5.74) is 0.715. The fourth-order valence-corrected chi connectivity index (χ4v) is 2.95. The predicted molar refractivity (Wildman–Crippen MR) is 76.7 cm³/mol. The van der Waals surface area contributed by atoms with Crippen molar-refractivity contribution in [2.24, 2.45) is 0 Å². The lowest BCUT2D eigenvalue weighted by molar-refractivity contribution is 0.409. The number of hydrogen-bond acceptors (Lipinski definition) is 6. The summed E-state index contributed by atoms with van der Waals surface area (Å²) in [5, 5.41) is 6.78. The monoisotopic (exact) mass is 310 g/mol. The molecule has 0 aliphatic carbocycles. The van der Waals surface area contributed by atoms with E-state index < -0.39 is 10.0 Å². The average Bonchev–Trinajstić information content (AvgIpc) is 2.97. The van der Waals surface area contributed by atoms with Crippen LogP contribution in [-0.2, 0) is 23.1 Å². The molecule has 7 nitrogen and oxygen atoms in total. The smallest absolute Gasteiger partial charge is 0.241 e. The van der Waals surface area contributed by atoms with Gasteiger partial charge in [0.15, 0.2) is 5.82 Å². The standard InChI is InChI=1S/C13H18N4O3S/c1-10(2)14-7-11-5-3-4-6-12(11)21(18,19)16-8-13-15-9-20-17-13/h3-6,9-10,14,16H,7-8H2,1-2H3. The van der Waals surface area contributed by atoms with Crippen molar-refractivity contribution in [3.05, 3.63) is 42.0 Å². The third kappa shape index (κ3) is 4.35. The molecule has 2 N–H and O–H groups in total. The zero-order chi connectivity index (χ0) is 15.3. The Morgan fingerprint density at radius 3 is 2.67 bits per heavy atom. The Bertz CT molecular complexity index is 668. The number of benzene rings is 1. The van der Waals surface area contributed by atoms with Crippen LogP contribution in [-0.4, -0.2) is 24.6 Å². The third-order valence-electron chi connectivity index (χ3n) is 2.79. The average molecular weight is 310 g/mol. The Morgan fingerprint density at radius 2 is 2.00 bits per heavy atom. The van der Waals surface area contributed by atoms with Gasteiger partial charge < -0.3 is 9.84 Å². The van der Waals surface area contributed by atoms with Crippen molar-refractivity contribution in [2.75, 3.05) is 0 Å². The van der Waals surface area contributed by atoms with Crippen LogP contribution in [0.15, 0.2) is 40.1 Å². The van der Waals surface area contributed by atoms with Crippen molar-refractivity contribution in [3.8, 4) is 0 Å². The quantitative estimate of drug-likeness (QED) is 0.793. The zero-order valence-electron chi connectivity index (χ0n) is 11.9. The number of nitrogens with one attached hydrogen (secondary N) is 2. The summed E-state index contributed by atoms with van der Waals surface area (Å²) in [6, 6.07) is 7.15. The van der Waals surface area contributed by atoms with Gasteiger partial charge in [0.05, 0.1) is 11.4 Å². The molecule has 0 atom stereocenters. The van der Waals surface area contributed by atoms with Gasteiger partial charge in [0.2, 0.25) is 16.4 Å². The summed E-state index contributed by atoms with van der Waals surface area (Å²) in [6.07, 6.45) is 1.16. The van der Waals surface area contributed by atoms with Crippen LogP contribution in [0, 0.1) is 0 Å². The zero-order valence-corrected chi connectivity index (χ0v) is 12.7. The Kier molecular flexibility index (Phi) is 5.05. The maximum atomic E-state index is 12.4. The highest BCUT2D eigenvalue weighted by atomic mass is 32.2. The molecule has 0 saturated heterocycles. The highest BCUT2D eigenvalue weighted by Gasteiger charge is 2.18. The maximum absolute atomic E-state index is 12.4. The normalized spacial score (nSPS) is 12.0. The fourth-order valence-electron chi connectivity index (χ4n) is 1.73. The first-order chi connectivity index (χ1) is 9.99. The predicted octanol–water partition coefficient (Wildman–Crippen LogP) is 1.05. The first kappa shape index (κ1) is 15.6. The molecule has 0 radical (unpaired) electrons. The molecule has 1 aromatic heterocycles. The van der Waals surface area contributed by atoms with Crippen LogP contribution in [0.3, 0.4) is 0 Å². The molecular weight excluding hydrogens is 292 g/mol. The second kappa shape index (κ2) is 6.79. The number of hydrogen-bond donors (Lipinski definition) is 2. The van der Waals surface area contributed by atoms with Gasteiger partial charge in [-0.05, 0) is 11.6 Å². The molecule has 0 unspecified atom stereocenters. The second-order valence-electron chi connectivity index (χ2n) is 4.82. The van der Waals surface area contributed by atoms with Crippen LogP contribution in [0.4, 0.5) is 0 Å². The van der Waals surface area contributed by atoms with Crippen LogP contribution >= 0.6 is 0 Å². The first-order valence-corrected chi connectivity index (χ1v) is 8.03. The van der Waals surface area contributed by atoms with Gasteiger partial charge in [0, 0.05) is 12.6 Å². The summed E-state index contributed by atoms with van der Waals surface area (Å²) in [6.45, 7) is 4.49. The van der Waals surface area contributed by atoms with Crippen LogP contribution in [0.25, 0.3) is 0 Å². The number of nitrogens with zero attached hydrogens (tertiary/aromatic N) is 2. The van der Waals surface area contributed by atoms with E-state index >= 15 is 0 Å². The largest absolute Gasteiger partial charge is 0.343 e. The Hall–Kier alpha value is -1.77. The van der Waals surface area contributed by atoms with E-state index in [1.54, 1.807) is 18.2 Å². The van der Waals surface area contributed by atoms with Gasteiger partial charge >= 0.3 is 0 Å². The summed E-state index contributed by atoms with van der Waals surface area (Å²) < 4.78 is 31.8. The van der Waals surface area contributed by atoms with E-state index in [0.717, 1.165) is 6.39 Å². The number of sulfonamides is 1. The lowest BCUT2D eigenvalue weighted by Gasteiger charge is -2.13. The molecule has 0 aliphatic heterocycles. The van der Waals surface area contributed by atoms with Crippen molar-refractivity contribution >= 4 is 10.0 Å². The van der Waals surface area contributed by atoms with Gasteiger partial charge in [0.25, 0.3) is 0 Å². The Morgan fingerprint density at radius 1 is 1.24 bits per heavy atom. The minimum absolute atomic E-state index is 0.00915. The summed E-state index contributed by atoms with van der Waals surface area (Å²) >= 11 is 0. The van der Waals surface area contributed by atoms with E-state index in [4.69, 9.17) is 0 Å². The molecule has 1 heterocycles. The molecule has 114 valence electrons. The summed E-state index contributed by atoms with van der Waals surface area (Å²) in [4.78, 5) is 4.03. The lowest BCUT2D eigenvalue weighted by Crippen LogP contribution is -2.27. The second-order valence-corrected chi connectivity index (χ2v) is 6.55. The van der Waals surface area contributed by atoms with Gasteiger partial charge in [-0.15, -0.1) is 0 Å². The van der Waals surface area contributed by atoms with Crippen molar-refractivity contribution in [1.82, 2.24) is 20.2 Å². The molecule has 8 heteroatoms. The molecule has 2 aromatic rings. The first-order valence-electron chi connectivity index (χ1n) is 6.55. The molecule has 0 saturated carbocycles. The highest BCUT2D eigenvalue weighted by molar-refractivity contribution is 7.89. The van der Waals surface area contributed by atoms with Crippen molar-refractivity contribution in [3.63, 3.8) is 0 Å². The molecule has 21 heavy (non-hydrogen) atoms. The van der Waals surface area contributed by atoms with E-state index in [-0.39, 0.29) is 23.3 Å². The molecule has 0 aliphatic rings. The van der Waals surface area contributed by atoms with Crippen molar-refractivity contribution in [1.29, 1.82) is 0 Å². The summed E-state index contributed by atoms with van der Waals surface area (Å²) in [5.74, 6) is 0.288. The van der Waals surface area contributed by atoms with E-state index in [0.29, 0.717) is 12.1 Å². The third-order valence-corrected chi connectivity index (χ3v) is 4.29. The fraction of sp³-hybridized carbons (Fsp3) is 0.385. The van der Waals surface area contributed by atoms with Crippen LogP contribution < -0.4 is 10.0 Å². The van der Waals surface area contributed by atoms with Crippen LogP contribution in [0.2, 0.25) is 0 Å². The Labute approximate surface area is 123 Å². The highest BCUT2D eigenvalue weighted by Crippen LogP contribution is 2.15. The SMILES string of the molecule is CC(C)NCc1ccccc1S(=O)(=O)NCc1ncon1. The van der Waals surface area contributed by atoms with Gasteiger partial charge in [-0.1, -0.05) is 37.2 Å². The van der Waals surface area contributed by atoms with Gasteiger partial charge in [-0.2, -0.15) is 4.98 Å². The molecule has 0 spiro atoms. The molecule has 2 rings (SSSR count). The van der Waals surface area contributed by atoms with Crippen LogP contribution in [0.5, 0.6) is 0 Å². The minimum atomic E-state index is -3.63. The maximum Gasteiger partial charge on any atom is 0.241 e. The Balaban J connectivity index is 2.15. The lowest BCUT2D eigenvalue weighted by atomic mass is 10.2. The van der Waals surface area contributed by atoms with Crippen LogP contribution in [0.1, 0.15) is 25.2 Å². The molecule has 0 bridgehead atoms. The van der Waals surface area contributed by atoms with Gasteiger partial charge in [-0.3, -0.25) is 0 Å². The van der Waals surface area contributed by atoms with E-state index in [1.807, 2.05) is 19.9 Å². The topological polar surface area (TPSA) is 97.1 Å². The minimum Gasteiger partial charge on any atom is -0.343 e. The van der Waals surface area contributed by atoms with Crippen molar-refractivity contribution in [2.45, 2.75) is 37.9 Å². The molecule has 0 amide bonds.